The lowest BCUT2D eigenvalue weighted by atomic mass is 9.83. The van der Waals surface area contributed by atoms with E-state index in [4.69, 9.17) is 14.2 Å². The van der Waals surface area contributed by atoms with E-state index in [0.717, 1.165) is 32.3 Å². The van der Waals surface area contributed by atoms with Crippen LogP contribution in [0.4, 0.5) is 0 Å². The number of methoxy groups -OCH3 is 1. The van der Waals surface area contributed by atoms with Gasteiger partial charge in [0.1, 0.15) is 0 Å². The molecular formula is C22H40O3. The van der Waals surface area contributed by atoms with Crippen LogP contribution in [0, 0.1) is 17.8 Å². The minimum Gasteiger partial charge on any atom is -0.378 e. The molecule has 2 rings (SSSR count). The van der Waals surface area contributed by atoms with E-state index in [1.165, 1.54) is 12.0 Å². The van der Waals surface area contributed by atoms with Gasteiger partial charge in [-0.2, -0.15) is 0 Å². The van der Waals surface area contributed by atoms with Gasteiger partial charge in [0.05, 0.1) is 23.9 Å². The fourth-order valence-electron chi connectivity index (χ4n) is 4.37. The summed E-state index contributed by atoms with van der Waals surface area (Å²) < 4.78 is 18.0. The maximum atomic E-state index is 6.24. The van der Waals surface area contributed by atoms with Gasteiger partial charge in [0.15, 0.2) is 0 Å². The molecule has 2 aliphatic rings. The summed E-state index contributed by atoms with van der Waals surface area (Å²) in [5.41, 5.74) is 1.44. The van der Waals surface area contributed by atoms with Gasteiger partial charge in [0, 0.05) is 20.1 Å². The van der Waals surface area contributed by atoms with E-state index in [0.29, 0.717) is 36.1 Å². The lowest BCUT2D eigenvalue weighted by Crippen LogP contribution is -2.42. The van der Waals surface area contributed by atoms with Crippen LogP contribution in [0.2, 0.25) is 0 Å². The third-order valence-corrected chi connectivity index (χ3v) is 6.63. The van der Waals surface area contributed by atoms with E-state index in [2.05, 4.69) is 47.6 Å². The molecule has 2 fully saturated rings. The quantitative estimate of drug-likeness (QED) is 0.600. The van der Waals surface area contributed by atoms with E-state index >= 15 is 0 Å². The second-order valence-corrected chi connectivity index (χ2v) is 9.05. The second kappa shape index (κ2) is 9.01. The van der Waals surface area contributed by atoms with Gasteiger partial charge in [-0.05, 0) is 64.2 Å². The van der Waals surface area contributed by atoms with Crippen molar-refractivity contribution in [1.29, 1.82) is 0 Å². The fraction of sp³-hybridized carbons (Fsp3) is 0.909. The first-order chi connectivity index (χ1) is 11.7. The second-order valence-electron chi connectivity index (χ2n) is 9.05. The molecule has 25 heavy (non-hydrogen) atoms. The zero-order valence-corrected chi connectivity index (χ0v) is 17.5. The molecule has 7 unspecified atom stereocenters. The maximum Gasteiger partial charge on any atom is 0.0697 e. The Hall–Kier alpha value is -0.380. The summed E-state index contributed by atoms with van der Waals surface area (Å²) in [7, 11) is 1.82. The summed E-state index contributed by atoms with van der Waals surface area (Å²) in [6, 6.07) is 0. The Morgan fingerprint density at radius 2 is 2.00 bits per heavy atom. The monoisotopic (exact) mass is 352 g/mol. The van der Waals surface area contributed by atoms with Crippen molar-refractivity contribution in [2.45, 2.75) is 97.6 Å². The lowest BCUT2D eigenvalue weighted by molar-refractivity contribution is -0.126. The number of hydrogen-bond donors (Lipinski definition) is 0. The number of hydrogen-bond acceptors (Lipinski definition) is 3. The zero-order chi connectivity index (χ0) is 18.6. The highest BCUT2D eigenvalue weighted by atomic mass is 16.5. The summed E-state index contributed by atoms with van der Waals surface area (Å²) in [4.78, 5) is 0. The number of ether oxygens (including phenoxy) is 3. The van der Waals surface area contributed by atoms with E-state index in [1.807, 2.05) is 7.11 Å². The molecule has 0 saturated carbocycles. The third kappa shape index (κ3) is 5.80. The molecule has 0 spiro atoms. The summed E-state index contributed by atoms with van der Waals surface area (Å²) in [5, 5.41) is 0. The van der Waals surface area contributed by atoms with Crippen LogP contribution < -0.4 is 0 Å². The molecular weight excluding hydrogens is 312 g/mol. The number of allylic oxidation sites excluding steroid dienone is 1. The largest absolute Gasteiger partial charge is 0.378 e. The van der Waals surface area contributed by atoms with E-state index < -0.39 is 0 Å². The van der Waals surface area contributed by atoms with Gasteiger partial charge in [-0.3, -0.25) is 0 Å². The highest BCUT2D eigenvalue weighted by Crippen LogP contribution is 2.34. The fourth-order valence-corrected chi connectivity index (χ4v) is 4.37. The molecule has 0 aliphatic carbocycles. The molecule has 0 aromatic carbocycles. The van der Waals surface area contributed by atoms with Gasteiger partial charge in [0.25, 0.3) is 0 Å². The first-order valence-electron chi connectivity index (χ1n) is 10.2. The Morgan fingerprint density at radius 1 is 1.28 bits per heavy atom. The van der Waals surface area contributed by atoms with Gasteiger partial charge in [-0.15, -0.1) is 0 Å². The molecule has 0 aromatic heterocycles. The van der Waals surface area contributed by atoms with Crippen molar-refractivity contribution in [1.82, 2.24) is 0 Å². The molecule has 0 bridgehead atoms. The molecule has 3 heteroatoms. The molecule has 2 aliphatic heterocycles. The summed E-state index contributed by atoms with van der Waals surface area (Å²) >= 11 is 0. The Morgan fingerprint density at radius 3 is 2.68 bits per heavy atom. The van der Waals surface area contributed by atoms with Crippen molar-refractivity contribution in [2.24, 2.45) is 17.8 Å². The van der Waals surface area contributed by atoms with Crippen molar-refractivity contribution in [3.63, 3.8) is 0 Å². The molecule has 0 amide bonds. The van der Waals surface area contributed by atoms with E-state index in [-0.39, 0.29) is 5.60 Å². The average molecular weight is 353 g/mol. The highest BCUT2D eigenvalue weighted by molar-refractivity contribution is 5.02. The normalized spacial score (nSPS) is 41.6. The van der Waals surface area contributed by atoms with Crippen LogP contribution >= 0.6 is 0 Å². The predicted molar refractivity (Wildman–Crippen MR) is 104 cm³/mol. The van der Waals surface area contributed by atoms with Crippen LogP contribution in [0.15, 0.2) is 11.6 Å². The van der Waals surface area contributed by atoms with Gasteiger partial charge in [-0.25, -0.2) is 0 Å². The Labute approximate surface area is 155 Å². The minimum atomic E-state index is -0.0208. The van der Waals surface area contributed by atoms with Crippen LogP contribution in [-0.4, -0.2) is 37.6 Å². The van der Waals surface area contributed by atoms with Crippen LogP contribution in [0.1, 0.15) is 73.6 Å². The van der Waals surface area contributed by atoms with Crippen molar-refractivity contribution < 1.29 is 14.2 Å². The molecule has 0 aromatic rings. The highest BCUT2D eigenvalue weighted by Gasteiger charge is 2.35. The first kappa shape index (κ1) is 20.9. The molecule has 146 valence electrons. The molecule has 2 heterocycles. The summed E-state index contributed by atoms with van der Waals surface area (Å²) in [6.07, 6.45) is 8.86. The molecule has 0 radical (unpaired) electrons. The summed E-state index contributed by atoms with van der Waals surface area (Å²) in [5.74, 6) is 1.85. The Bertz CT molecular complexity index is 447. The summed E-state index contributed by atoms with van der Waals surface area (Å²) in [6.45, 7) is 14.4. The van der Waals surface area contributed by atoms with Gasteiger partial charge in [-0.1, -0.05) is 32.4 Å². The first-order valence-corrected chi connectivity index (χ1v) is 10.2. The molecule has 3 nitrogen and oxygen atoms in total. The Balaban J connectivity index is 1.84. The average Bonchev–Trinajstić information content (AvgIpc) is 2.57. The van der Waals surface area contributed by atoms with E-state index in [1.54, 1.807) is 0 Å². The minimum absolute atomic E-state index is 0.0208. The predicted octanol–water partition coefficient (Wildman–Crippen LogP) is 5.38. The van der Waals surface area contributed by atoms with Crippen LogP contribution in [0.3, 0.4) is 0 Å². The maximum absolute atomic E-state index is 6.24. The van der Waals surface area contributed by atoms with Crippen molar-refractivity contribution in [3.8, 4) is 0 Å². The smallest absolute Gasteiger partial charge is 0.0697 e. The molecule has 2 saturated heterocycles. The van der Waals surface area contributed by atoms with E-state index in [9.17, 15) is 0 Å². The van der Waals surface area contributed by atoms with Crippen molar-refractivity contribution >= 4 is 0 Å². The zero-order valence-electron chi connectivity index (χ0n) is 17.5. The molecule has 7 atom stereocenters. The van der Waals surface area contributed by atoms with Crippen molar-refractivity contribution in [2.75, 3.05) is 13.7 Å². The van der Waals surface area contributed by atoms with Gasteiger partial charge in [0.2, 0.25) is 0 Å². The topological polar surface area (TPSA) is 27.7 Å². The standard InChI is InChI=1S/C22H40O3/c1-15(8-9-20-18(4)13-16(2)19(5)25-20)12-17(3)21-14-22(6,23-7)10-11-24-21/h8,16-21H,9-14H2,1-7H3/b15-8+. The Kier molecular flexibility index (Phi) is 7.54. The van der Waals surface area contributed by atoms with Crippen LogP contribution in [0.5, 0.6) is 0 Å². The van der Waals surface area contributed by atoms with Crippen molar-refractivity contribution in [3.05, 3.63) is 11.6 Å². The van der Waals surface area contributed by atoms with Gasteiger partial charge >= 0.3 is 0 Å². The van der Waals surface area contributed by atoms with Crippen LogP contribution in [0.25, 0.3) is 0 Å². The SMILES string of the molecule is COC1(C)CCOC(C(C)C/C(C)=C/CC2OC(C)C(C)CC2C)C1. The lowest BCUT2D eigenvalue weighted by Gasteiger charge is -2.39. The third-order valence-electron chi connectivity index (χ3n) is 6.63. The molecule has 0 N–H and O–H groups in total. The number of rotatable bonds is 6. The van der Waals surface area contributed by atoms with Crippen LogP contribution in [-0.2, 0) is 14.2 Å². The van der Waals surface area contributed by atoms with Gasteiger partial charge < -0.3 is 14.2 Å².